The molecule has 0 bridgehead atoms. The number of nitrogens with zero attached hydrogens (tertiary/aromatic N) is 3. The van der Waals surface area contributed by atoms with Crippen molar-refractivity contribution in [2.24, 2.45) is 17.8 Å². The lowest BCUT2D eigenvalue weighted by Gasteiger charge is -2.39. The van der Waals surface area contributed by atoms with Crippen LogP contribution < -0.4 is 0 Å². The second kappa shape index (κ2) is 10.2. The molecular weight excluding hydrogens is 415 g/mol. The lowest BCUT2D eigenvalue weighted by molar-refractivity contribution is -0.134. The molecule has 3 heterocycles. The normalized spacial score (nSPS) is 23.9. The SMILES string of the molecule is C=C(c1cccnc1/C(=C\C)C(F)(F)F)[C@H]1C[C@@H](C)CN(C(=O)CC2CCN(C)CC2)C1. The van der Waals surface area contributed by atoms with E-state index < -0.39 is 11.7 Å². The van der Waals surface area contributed by atoms with Crippen molar-refractivity contribution in [2.75, 3.05) is 33.2 Å². The Bertz CT molecular complexity index is 856. The maximum absolute atomic E-state index is 13.6. The van der Waals surface area contributed by atoms with Crippen molar-refractivity contribution in [2.45, 2.75) is 45.7 Å². The minimum atomic E-state index is -4.49. The first-order chi connectivity index (χ1) is 15.1. The van der Waals surface area contributed by atoms with Gasteiger partial charge in [-0.3, -0.25) is 9.78 Å². The van der Waals surface area contributed by atoms with E-state index in [0.29, 0.717) is 36.6 Å². The van der Waals surface area contributed by atoms with Crippen LogP contribution in [0.5, 0.6) is 0 Å². The summed E-state index contributed by atoms with van der Waals surface area (Å²) in [5.74, 6) is 0.733. The highest BCUT2D eigenvalue weighted by molar-refractivity contribution is 5.80. The number of halogens is 3. The van der Waals surface area contributed by atoms with Crippen LogP contribution in [0.2, 0.25) is 0 Å². The van der Waals surface area contributed by atoms with Crippen LogP contribution in [0.4, 0.5) is 13.2 Å². The second-order valence-electron chi connectivity index (χ2n) is 9.41. The number of alkyl halides is 3. The van der Waals surface area contributed by atoms with Gasteiger partial charge in [0.05, 0.1) is 11.3 Å². The van der Waals surface area contributed by atoms with Crippen LogP contribution >= 0.6 is 0 Å². The van der Waals surface area contributed by atoms with E-state index in [2.05, 4.69) is 30.4 Å². The van der Waals surface area contributed by atoms with E-state index in [1.165, 1.54) is 13.1 Å². The van der Waals surface area contributed by atoms with Gasteiger partial charge in [0.1, 0.15) is 0 Å². The summed E-state index contributed by atoms with van der Waals surface area (Å²) in [4.78, 5) is 21.3. The Morgan fingerprint density at radius 1 is 1.28 bits per heavy atom. The monoisotopic (exact) mass is 449 g/mol. The average Bonchev–Trinajstić information content (AvgIpc) is 2.74. The molecule has 2 saturated heterocycles. The molecule has 1 amide bonds. The summed E-state index contributed by atoms with van der Waals surface area (Å²) in [6.45, 7) is 10.9. The number of hydrogen-bond donors (Lipinski definition) is 0. The number of pyridine rings is 1. The third kappa shape index (κ3) is 5.80. The summed E-state index contributed by atoms with van der Waals surface area (Å²) in [6, 6.07) is 3.30. The summed E-state index contributed by atoms with van der Waals surface area (Å²) >= 11 is 0. The Morgan fingerprint density at radius 2 is 1.97 bits per heavy atom. The van der Waals surface area contributed by atoms with Gasteiger partial charge < -0.3 is 9.80 Å². The molecule has 7 heteroatoms. The fraction of sp³-hybridized carbons (Fsp3) is 0.600. The van der Waals surface area contributed by atoms with Crippen molar-refractivity contribution in [1.29, 1.82) is 0 Å². The number of carbonyl (C=O) groups is 1. The van der Waals surface area contributed by atoms with Crippen LogP contribution in [-0.4, -0.2) is 60.1 Å². The van der Waals surface area contributed by atoms with Crippen molar-refractivity contribution >= 4 is 17.1 Å². The molecule has 0 saturated carbocycles. The van der Waals surface area contributed by atoms with Gasteiger partial charge in [-0.15, -0.1) is 0 Å². The number of likely N-dealkylation sites (tertiary alicyclic amines) is 2. The summed E-state index contributed by atoms with van der Waals surface area (Å²) in [7, 11) is 2.10. The first kappa shape index (κ1) is 24.5. The van der Waals surface area contributed by atoms with Crippen LogP contribution in [0.25, 0.3) is 11.1 Å². The molecule has 176 valence electrons. The van der Waals surface area contributed by atoms with E-state index in [-0.39, 0.29) is 23.4 Å². The third-order valence-electron chi connectivity index (χ3n) is 6.81. The van der Waals surface area contributed by atoms with Gasteiger partial charge in [0.15, 0.2) is 0 Å². The minimum Gasteiger partial charge on any atom is -0.342 e. The zero-order valence-electron chi connectivity index (χ0n) is 19.3. The maximum atomic E-state index is 13.6. The molecule has 0 spiro atoms. The van der Waals surface area contributed by atoms with E-state index in [4.69, 9.17) is 0 Å². The van der Waals surface area contributed by atoms with Gasteiger partial charge >= 0.3 is 6.18 Å². The van der Waals surface area contributed by atoms with Crippen LogP contribution in [0.15, 0.2) is 31.0 Å². The van der Waals surface area contributed by atoms with E-state index in [9.17, 15) is 18.0 Å². The van der Waals surface area contributed by atoms with Crippen molar-refractivity contribution < 1.29 is 18.0 Å². The highest BCUT2D eigenvalue weighted by Crippen LogP contribution is 2.39. The molecule has 0 aliphatic carbocycles. The lowest BCUT2D eigenvalue weighted by Crippen LogP contribution is -2.44. The Balaban J connectivity index is 1.76. The molecule has 1 aromatic rings. The molecule has 0 aromatic carbocycles. The van der Waals surface area contributed by atoms with Gasteiger partial charge in [-0.2, -0.15) is 13.2 Å². The first-order valence-electron chi connectivity index (χ1n) is 11.4. The van der Waals surface area contributed by atoms with Gasteiger partial charge in [0, 0.05) is 37.2 Å². The number of piperidine rings is 2. The zero-order chi connectivity index (χ0) is 23.5. The molecule has 4 nitrogen and oxygen atoms in total. The molecule has 0 N–H and O–H groups in total. The topological polar surface area (TPSA) is 36.4 Å². The number of amides is 1. The molecule has 32 heavy (non-hydrogen) atoms. The Hall–Kier alpha value is -2.15. The van der Waals surface area contributed by atoms with Crippen molar-refractivity contribution in [3.8, 4) is 0 Å². The molecule has 0 radical (unpaired) electrons. The lowest BCUT2D eigenvalue weighted by atomic mass is 9.81. The van der Waals surface area contributed by atoms with Crippen LogP contribution in [0.1, 0.15) is 50.8 Å². The number of carbonyl (C=O) groups excluding carboxylic acids is 1. The van der Waals surface area contributed by atoms with Gasteiger partial charge in [0.2, 0.25) is 5.91 Å². The molecule has 2 fully saturated rings. The number of allylic oxidation sites excluding steroid dienone is 2. The minimum absolute atomic E-state index is 0.0880. The number of rotatable bonds is 5. The fourth-order valence-electron chi connectivity index (χ4n) is 4.98. The smallest absolute Gasteiger partial charge is 0.342 e. The molecule has 0 unspecified atom stereocenters. The predicted octanol–water partition coefficient (Wildman–Crippen LogP) is 5.28. The Morgan fingerprint density at radius 3 is 2.59 bits per heavy atom. The molecule has 3 rings (SSSR count). The van der Waals surface area contributed by atoms with Gasteiger partial charge in [0.25, 0.3) is 0 Å². The van der Waals surface area contributed by atoms with E-state index in [0.717, 1.165) is 38.4 Å². The van der Waals surface area contributed by atoms with Gasteiger partial charge in [-0.05, 0) is 69.8 Å². The van der Waals surface area contributed by atoms with E-state index in [1.807, 2.05) is 4.90 Å². The fourth-order valence-corrected chi connectivity index (χ4v) is 4.98. The molecule has 2 aliphatic heterocycles. The first-order valence-corrected chi connectivity index (χ1v) is 11.4. The number of hydrogen-bond acceptors (Lipinski definition) is 3. The van der Waals surface area contributed by atoms with Gasteiger partial charge in [-0.25, -0.2) is 0 Å². The van der Waals surface area contributed by atoms with E-state index in [1.54, 1.807) is 12.1 Å². The molecule has 1 aromatic heterocycles. The molecular formula is C25H34F3N3O. The van der Waals surface area contributed by atoms with Crippen molar-refractivity contribution in [3.05, 3.63) is 42.2 Å². The van der Waals surface area contributed by atoms with Crippen molar-refractivity contribution in [1.82, 2.24) is 14.8 Å². The highest BCUT2D eigenvalue weighted by Gasteiger charge is 2.38. The highest BCUT2D eigenvalue weighted by atomic mass is 19.4. The zero-order valence-corrected chi connectivity index (χ0v) is 19.3. The average molecular weight is 450 g/mol. The van der Waals surface area contributed by atoms with Crippen molar-refractivity contribution in [3.63, 3.8) is 0 Å². The Labute approximate surface area is 189 Å². The third-order valence-corrected chi connectivity index (χ3v) is 6.81. The largest absolute Gasteiger partial charge is 0.418 e. The van der Waals surface area contributed by atoms with E-state index >= 15 is 0 Å². The van der Waals surface area contributed by atoms with Crippen LogP contribution in [-0.2, 0) is 4.79 Å². The summed E-state index contributed by atoms with van der Waals surface area (Å²) < 4.78 is 40.7. The predicted molar refractivity (Wildman–Crippen MR) is 122 cm³/mol. The second-order valence-corrected chi connectivity index (χ2v) is 9.41. The maximum Gasteiger partial charge on any atom is 0.418 e. The van der Waals surface area contributed by atoms with Crippen LogP contribution in [0, 0.1) is 17.8 Å². The summed E-state index contributed by atoms with van der Waals surface area (Å²) in [5.41, 5.74) is 0.198. The number of aromatic nitrogens is 1. The van der Waals surface area contributed by atoms with Gasteiger partial charge in [-0.1, -0.05) is 25.6 Å². The molecule has 2 atom stereocenters. The molecule has 2 aliphatic rings. The summed E-state index contributed by atoms with van der Waals surface area (Å²) in [5, 5.41) is 0. The van der Waals surface area contributed by atoms with Crippen LogP contribution in [0.3, 0.4) is 0 Å². The summed E-state index contributed by atoms with van der Waals surface area (Å²) in [6.07, 6.45) is 1.35. The standard InChI is InChI=1S/C25H34F3N3O/c1-5-22(25(26,27)28)24-21(7-6-10-29-24)18(3)20-13-17(2)15-31(16-20)23(32)14-19-8-11-30(4)12-9-19/h5-7,10,17,19-20H,3,8-9,11-16H2,1-2,4H3/b22-5+/t17-,20+/m1/s1. The Kier molecular flexibility index (Phi) is 7.80. The quantitative estimate of drug-likeness (QED) is 0.614.